The predicted octanol–water partition coefficient (Wildman–Crippen LogP) is 0.403. The van der Waals surface area contributed by atoms with E-state index in [0.29, 0.717) is 11.0 Å². The van der Waals surface area contributed by atoms with Gasteiger partial charge in [-0.1, -0.05) is 0 Å². The van der Waals surface area contributed by atoms with Crippen LogP contribution in [0.5, 0.6) is 0 Å². The van der Waals surface area contributed by atoms with Gasteiger partial charge in [0.1, 0.15) is 11.2 Å². The molecule has 2 amide bonds. The second-order valence-corrected chi connectivity index (χ2v) is 5.10. The van der Waals surface area contributed by atoms with Crippen molar-refractivity contribution >= 4 is 22.8 Å². The molecule has 108 valence electrons. The monoisotopic (exact) mass is 286 g/mol. The molecular weight excluding hydrogens is 272 g/mol. The Morgan fingerprint density at radius 2 is 2.05 bits per heavy atom. The Morgan fingerprint density at radius 1 is 1.29 bits per heavy atom. The van der Waals surface area contributed by atoms with E-state index in [1.807, 2.05) is 6.92 Å². The molecule has 3 rings (SSSR count). The fraction of sp³-hybridized carbons (Fsp3) is 0.286. The van der Waals surface area contributed by atoms with E-state index >= 15 is 0 Å². The molecule has 0 bridgehead atoms. The van der Waals surface area contributed by atoms with Crippen molar-refractivity contribution in [1.82, 2.24) is 20.8 Å². The molecule has 0 unspecified atom stereocenters. The number of carbonyl (C=O) groups is 2. The maximum Gasteiger partial charge on any atom is 0.275 e. The summed E-state index contributed by atoms with van der Waals surface area (Å²) in [5.41, 5.74) is 5.29. The molecule has 1 aliphatic rings. The average molecular weight is 286 g/mol. The molecule has 1 aliphatic carbocycles. The highest BCUT2D eigenvalue weighted by molar-refractivity contribution is 5.97. The number of nitrogens with zero attached hydrogens (tertiary/aromatic N) is 1. The predicted molar refractivity (Wildman–Crippen MR) is 75.4 cm³/mol. The molecule has 7 nitrogen and oxygen atoms in total. The number of nitrogens with one attached hydrogen (secondary N) is 3. The summed E-state index contributed by atoms with van der Waals surface area (Å²) in [6, 6.07) is 3.32. The highest BCUT2D eigenvalue weighted by Crippen LogP contribution is 2.28. The lowest BCUT2D eigenvalue weighted by Crippen LogP contribution is -2.43. The van der Waals surface area contributed by atoms with Gasteiger partial charge in [-0.15, -0.1) is 0 Å². The van der Waals surface area contributed by atoms with E-state index in [9.17, 15) is 14.4 Å². The number of aryl methyl sites for hydroxylation is 1. The number of aromatic nitrogens is 2. The minimum atomic E-state index is -0.646. The number of rotatable bonds is 2. The van der Waals surface area contributed by atoms with E-state index in [1.54, 1.807) is 12.1 Å². The van der Waals surface area contributed by atoms with Gasteiger partial charge in [-0.2, -0.15) is 0 Å². The van der Waals surface area contributed by atoms with Crippen LogP contribution in [0.15, 0.2) is 23.1 Å². The Hall–Kier alpha value is -2.70. The summed E-state index contributed by atoms with van der Waals surface area (Å²) >= 11 is 0. The lowest BCUT2D eigenvalue weighted by molar-refractivity contribution is -0.123. The van der Waals surface area contributed by atoms with Gasteiger partial charge in [0.15, 0.2) is 0 Å². The van der Waals surface area contributed by atoms with Crippen LogP contribution in [0.1, 0.15) is 28.9 Å². The lowest BCUT2D eigenvalue weighted by Gasteiger charge is -2.07. The third kappa shape index (κ3) is 2.62. The Kier molecular flexibility index (Phi) is 3.17. The summed E-state index contributed by atoms with van der Waals surface area (Å²) in [7, 11) is 0. The van der Waals surface area contributed by atoms with Crippen LogP contribution >= 0.6 is 0 Å². The molecule has 7 heteroatoms. The van der Waals surface area contributed by atoms with Crippen molar-refractivity contribution in [3.05, 3.63) is 39.8 Å². The van der Waals surface area contributed by atoms with Crippen molar-refractivity contribution in [2.45, 2.75) is 19.8 Å². The van der Waals surface area contributed by atoms with E-state index in [0.717, 1.165) is 18.5 Å². The maximum atomic E-state index is 12.2. The van der Waals surface area contributed by atoms with E-state index in [1.165, 1.54) is 6.20 Å². The molecule has 2 aromatic heterocycles. The molecule has 2 aromatic rings. The normalized spacial score (nSPS) is 14.0. The third-order valence-corrected chi connectivity index (χ3v) is 3.37. The van der Waals surface area contributed by atoms with Gasteiger partial charge in [0.25, 0.3) is 5.91 Å². The average Bonchev–Trinajstić information content (AvgIpc) is 3.29. The minimum Gasteiger partial charge on any atom is -0.345 e. The third-order valence-electron chi connectivity index (χ3n) is 3.37. The minimum absolute atomic E-state index is 0.0210. The number of aromatic amines is 1. The van der Waals surface area contributed by atoms with Crippen LogP contribution in [0.3, 0.4) is 0 Å². The SMILES string of the molecule is Cc1ccc2c(=O)c(C(=O)NNC(=O)C3CC3)c[nH]c2n1. The largest absolute Gasteiger partial charge is 0.345 e. The first-order valence-electron chi connectivity index (χ1n) is 6.65. The Morgan fingerprint density at radius 3 is 2.76 bits per heavy atom. The molecule has 3 N–H and O–H groups in total. The number of hydrogen-bond acceptors (Lipinski definition) is 4. The maximum absolute atomic E-state index is 12.2. The van der Waals surface area contributed by atoms with E-state index in [4.69, 9.17) is 0 Å². The number of pyridine rings is 2. The zero-order valence-electron chi connectivity index (χ0n) is 11.4. The van der Waals surface area contributed by atoms with Crippen LogP contribution in [-0.4, -0.2) is 21.8 Å². The molecule has 0 aliphatic heterocycles. The summed E-state index contributed by atoms with van der Waals surface area (Å²) in [6.45, 7) is 1.81. The quantitative estimate of drug-likeness (QED) is 0.695. The zero-order chi connectivity index (χ0) is 15.0. The Labute approximate surface area is 119 Å². The van der Waals surface area contributed by atoms with E-state index in [-0.39, 0.29) is 17.4 Å². The van der Waals surface area contributed by atoms with Crippen LogP contribution in [0, 0.1) is 12.8 Å². The van der Waals surface area contributed by atoms with E-state index < -0.39 is 11.3 Å². The molecule has 1 fully saturated rings. The van der Waals surface area contributed by atoms with Crippen LogP contribution in [-0.2, 0) is 4.79 Å². The van der Waals surface area contributed by atoms with Crippen molar-refractivity contribution in [3.8, 4) is 0 Å². The number of H-pyrrole nitrogens is 1. The fourth-order valence-electron chi connectivity index (χ4n) is 2.00. The Balaban J connectivity index is 1.84. The van der Waals surface area contributed by atoms with Crippen LogP contribution in [0.2, 0.25) is 0 Å². The van der Waals surface area contributed by atoms with Gasteiger partial charge < -0.3 is 4.98 Å². The van der Waals surface area contributed by atoms with Crippen molar-refractivity contribution < 1.29 is 9.59 Å². The van der Waals surface area contributed by atoms with Gasteiger partial charge in [-0.05, 0) is 31.9 Å². The molecule has 0 radical (unpaired) electrons. The molecule has 0 aromatic carbocycles. The molecule has 0 saturated heterocycles. The smallest absolute Gasteiger partial charge is 0.275 e. The van der Waals surface area contributed by atoms with Crippen LogP contribution in [0.25, 0.3) is 11.0 Å². The number of carbonyl (C=O) groups excluding carboxylic acids is 2. The molecule has 0 spiro atoms. The molecule has 2 heterocycles. The van der Waals surface area contributed by atoms with Crippen molar-refractivity contribution in [2.75, 3.05) is 0 Å². The number of amides is 2. The second-order valence-electron chi connectivity index (χ2n) is 5.10. The summed E-state index contributed by atoms with van der Waals surface area (Å²) in [5, 5.41) is 0.335. The highest BCUT2D eigenvalue weighted by atomic mass is 16.2. The first-order valence-corrected chi connectivity index (χ1v) is 6.65. The van der Waals surface area contributed by atoms with Gasteiger partial charge in [0, 0.05) is 17.8 Å². The molecule has 21 heavy (non-hydrogen) atoms. The number of fused-ring (bicyclic) bond motifs is 1. The standard InChI is InChI=1S/C14H14N4O3/c1-7-2-5-9-11(19)10(6-15-12(9)16-7)14(21)18-17-13(20)8-3-4-8/h2,5-6,8H,3-4H2,1H3,(H,17,20)(H,18,21)(H,15,16,19). The topological polar surface area (TPSA) is 104 Å². The first-order chi connectivity index (χ1) is 10.1. The van der Waals surface area contributed by atoms with Gasteiger partial charge in [0.2, 0.25) is 11.3 Å². The second kappa shape index (κ2) is 5.01. The summed E-state index contributed by atoms with van der Waals surface area (Å²) in [4.78, 5) is 42.7. The first kappa shape index (κ1) is 13.3. The summed E-state index contributed by atoms with van der Waals surface area (Å²) < 4.78 is 0. The molecular formula is C14H14N4O3. The van der Waals surface area contributed by atoms with Crippen molar-refractivity contribution in [2.24, 2.45) is 5.92 Å². The molecule has 1 saturated carbocycles. The summed E-state index contributed by atoms with van der Waals surface area (Å²) in [6.07, 6.45) is 2.97. The van der Waals surface area contributed by atoms with Gasteiger partial charge >= 0.3 is 0 Å². The van der Waals surface area contributed by atoms with Gasteiger partial charge in [-0.25, -0.2) is 4.98 Å². The zero-order valence-corrected chi connectivity index (χ0v) is 11.4. The van der Waals surface area contributed by atoms with Gasteiger partial charge in [-0.3, -0.25) is 25.2 Å². The Bertz CT molecular complexity index is 792. The number of hydrazine groups is 1. The van der Waals surface area contributed by atoms with Crippen molar-refractivity contribution in [1.29, 1.82) is 0 Å². The fourth-order valence-corrected chi connectivity index (χ4v) is 2.00. The van der Waals surface area contributed by atoms with E-state index in [2.05, 4.69) is 20.8 Å². The lowest BCUT2D eigenvalue weighted by atomic mass is 10.2. The van der Waals surface area contributed by atoms with Crippen molar-refractivity contribution in [3.63, 3.8) is 0 Å². The number of hydrogen-bond donors (Lipinski definition) is 3. The highest BCUT2D eigenvalue weighted by Gasteiger charge is 2.30. The molecule has 0 atom stereocenters. The van der Waals surface area contributed by atoms with Crippen LogP contribution < -0.4 is 16.3 Å². The van der Waals surface area contributed by atoms with Crippen LogP contribution in [0.4, 0.5) is 0 Å². The van der Waals surface area contributed by atoms with Gasteiger partial charge in [0.05, 0.1) is 5.39 Å². The summed E-state index contributed by atoms with van der Waals surface area (Å²) in [5.74, 6) is -0.891.